The first-order chi connectivity index (χ1) is 15.7. The van der Waals surface area contributed by atoms with Crippen molar-refractivity contribution < 1.29 is 18.1 Å². The molecule has 1 heterocycles. The lowest BCUT2D eigenvalue weighted by Crippen LogP contribution is -2.23. The van der Waals surface area contributed by atoms with Crippen LogP contribution in [0, 0.1) is 0 Å². The molecule has 0 radical (unpaired) electrons. The second-order valence-electron chi connectivity index (χ2n) is 14.0. The van der Waals surface area contributed by atoms with Crippen LogP contribution in [-0.4, -0.2) is 7.11 Å². The molecule has 1 aliphatic heterocycles. The summed E-state index contributed by atoms with van der Waals surface area (Å²) in [5.74, 6) is 1.22. The number of benzene rings is 2. The maximum atomic E-state index is 14.0. The van der Waals surface area contributed by atoms with Gasteiger partial charge in [-0.3, -0.25) is 4.52 Å². The van der Waals surface area contributed by atoms with Crippen LogP contribution in [0.5, 0.6) is 11.5 Å². The topological polar surface area (TPSA) is 44.8 Å². The van der Waals surface area contributed by atoms with Crippen molar-refractivity contribution in [2.75, 3.05) is 7.11 Å². The number of hydrogen-bond acceptors (Lipinski definition) is 4. The van der Waals surface area contributed by atoms with Crippen LogP contribution in [0.15, 0.2) is 24.3 Å². The van der Waals surface area contributed by atoms with Crippen LogP contribution in [0.3, 0.4) is 0 Å². The normalized spacial score (nSPS) is 16.4. The van der Waals surface area contributed by atoms with Gasteiger partial charge in [0.1, 0.15) is 11.5 Å². The van der Waals surface area contributed by atoms with E-state index in [1.54, 1.807) is 0 Å². The van der Waals surface area contributed by atoms with Crippen LogP contribution in [0.4, 0.5) is 0 Å². The van der Waals surface area contributed by atoms with E-state index in [0.29, 0.717) is 17.9 Å². The van der Waals surface area contributed by atoms with Gasteiger partial charge in [-0.05, 0) is 43.9 Å². The van der Waals surface area contributed by atoms with E-state index in [-0.39, 0.29) is 21.7 Å². The summed E-state index contributed by atoms with van der Waals surface area (Å²) in [5.41, 5.74) is 5.93. The first kappa shape index (κ1) is 27.8. The van der Waals surface area contributed by atoms with Crippen molar-refractivity contribution in [2.24, 2.45) is 0 Å². The van der Waals surface area contributed by atoms with Gasteiger partial charge >= 0.3 is 7.82 Å². The summed E-state index contributed by atoms with van der Waals surface area (Å²) >= 11 is 0. The molecule has 0 bridgehead atoms. The van der Waals surface area contributed by atoms with E-state index >= 15 is 0 Å². The Morgan fingerprint density at radius 3 is 1.23 bits per heavy atom. The Kier molecular flexibility index (Phi) is 6.89. The average molecular weight is 501 g/mol. The lowest BCUT2D eigenvalue weighted by molar-refractivity contribution is 0.243. The fourth-order valence-corrected chi connectivity index (χ4v) is 5.42. The number of phosphoric acid groups is 1. The van der Waals surface area contributed by atoms with Crippen molar-refractivity contribution in [3.8, 4) is 11.5 Å². The zero-order valence-corrected chi connectivity index (χ0v) is 25.0. The van der Waals surface area contributed by atoms with Crippen LogP contribution >= 0.6 is 7.82 Å². The summed E-state index contributed by atoms with van der Waals surface area (Å²) in [6.07, 6.45) is 0.619. The van der Waals surface area contributed by atoms with Gasteiger partial charge in [-0.25, -0.2) is 4.57 Å². The first-order valence-corrected chi connectivity index (χ1v) is 14.0. The molecular formula is C30H45O4P. The standard InChI is InChI=1S/C30H45O4P/c1-27(2,3)21-15-19-14-20-16-22(28(4,5)6)18-24(30(10,11)12)26(20)34-35(31,32-13)33-25(19)23(17-21)29(7,8)9/h15-18H,14H2,1-13H3. The molecule has 2 aromatic rings. The molecule has 35 heavy (non-hydrogen) atoms. The minimum absolute atomic E-state index is 0.0501. The fraction of sp³-hybridized carbons (Fsp3) is 0.600. The molecule has 0 amide bonds. The lowest BCUT2D eigenvalue weighted by Gasteiger charge is -2.34. The van der Waals surface area contributed by atoms with E-state index < -0.39 is 7.82 Å². The van der Waals surface area contributed by atoms with E-state index in [9.17, 15) is 4.57 Å². The van der Waals surface area contributed by atoms with Gasteiger partial charge in [-0.1, -0.05) is 107 Å². The van der Waals surface area contributed by atoms with Gasteiger partial charge in [0.25, 0.3) is 0 Å². The summed E-state index contributed by atoms with van der Waals surface area (Å²) in [7, 11) is -2.54. The Balaban J connectivity index is 2.46. The Labute approximate surface area is 213 Å². The van der Waals surface area contributed by atoms with Crippen molar-refractivity contribution in [3.05, 3.63) is 57.6 Å². The van der Waals surface area contributed by atoms with E-state index in [0.717, 1.165) is 22.3 Å². The third kappa shape index (κ3) is 5.81. The SMILES string of the molecule is COP1(=O)Oc2c(cc(C(C)(C)C)cc2C(C)(C)C)Cc2cc(C(C)(C)C)cc(C(C)(C)C)c2O1. The molecule has 0 saturated heterocycles. The van der Waals surface area contributed by atoms with E-state index in [2.05, 4.69) is 107 Å². The minimum Gasteiger partial charge on any atom is -0.394 e. The maximum Gasteiger partial charge on any atom is 0.587 e. The molecule has 194 valence electrons. The van der Waals surface area contributed by atoms with Crippen molar-refractivity contribution >= 4 is 7.82 Å². The van der Waals surface area contributed by atoms with Gasteiger partial charge in [0.15, 0.2) is 0 Å². The van der Waals surface area contributed by atoms with Crippen LogP contribution in [-0.2, 0) is 37.2 Å². The second-order valence-corrected chi connectivity index (χ2v) is 15.6. The molecule has 0 aromatic heterocycles. The highest BCUT2D eigenvalue weighted by Gasteiger charge is 2.39. The first-order valence-electron chi connectivity index (χ1n) is 12.6. The predicted octanol–water partition coefficient (Wildman–Crippen LogP) is 8.99. The Morgan fingerprint density at radius 2 is 0.971 bits per heavy atom. The molecule has 2 aromatic carbocycles. The molecule has 3 rings (SSSR count). The molecule has 4 nitrogen and oxygen atoms in total. The monoisotopic (exact) mass is 500 g/mol. The highest BCUT2D eigenvalue weighted by molar-refractivity contribution is 7.49. The summed E-state index contributed by atoms with van der Waals surface area (Å²) in [5, 5.41) is 0. The molecule has 0 spiro atoms. The van der Waals surface area contributed by atoms with Crippen LogP contribution in [0.1, 0.15) is 116 Å². The minimum atomic E-state index is -3.93. The van der Waals surface area contributed by atoms with Gasteiger partial charge in [-0.15, -0.1) is 0 Å². The highest BCUT2D eigenvalue weighted by atomic mass is 31.2. The van der Waals surface area contributed by atoms with Gasteiger partial charge < -0.3 is 9.05 Å². The number of phosphoric ester groups is 1. The molecule has 0 unspecified atom stereocenters. The zero-order chi connectivity index (χ0) is 26.8. The van der Waals surface area contributed by atoms with Crippen molar-refractivity contribution in [1.29, 1.82) is 0 Å². The summed E-state index contributed by atoms with van der Waals surface area (Å²) in [6.45, 7) is 26.2. The number of rotatable bonds is 1. The Morgan fingerprint density at radius 1 is 0.629 bits per heavy atom. The smallest absolute Gasteiger partial charge is 0.394 e. The van der Waals surface area contributed by atoms with Crippen molar-refractivity contribution in [1.82, 2.24) is 0 Å². The highest BCUT2D eigenvalue weighted by Crippen LogP contribution is 2.56. The molecule has 0 fully saturated rings. The molecule has 5 heteroatoms. The van der Waals surface area contributed by atoms with E-state index in [4.69, 9.17) is 13.6 Å². The van der Waals surface area contributed by atoms with E-state index in [1.807, 2.05) is 0 Å². The Hall–Kier alpha value is -1.77. The van der Waals surface area contributed by atoms with Gasteiger partial charge in [0.05, 0.1) is 0 Å². The molecule has 0 N–H and O–H groups in total. The quantitative estimate of drug-likeness (QED) is 0.367. The zero-order valence-electron chi connectivity index (χ0n) is 24.1. The summed E-state index contributed by atoms with van der Waals surface area (Å²) in [6, 6.07) is 8.79. The largest absolute Gasteiger partial charge is 0.587 e. The van der Waals surface area contributed by atoms with Crippen LogP contribution < -0.4 is 9.05 Å². The molecule has 0 saturated carbocycles. The van der Waals surface area contributed by atoms with E-state index in [1.165, 1.54) is 18.2 Å². The molecule has 0 aliphatic carbocycles. The fourth-order valence-electron chi connectivity index (χ4n) is 4.36. The molecule has 1 aliphatic rings. The third-order valence-corrected chi connectivity index (χ3v) is 7.95. The van der Waals surface area contributed by atoms with Gasteiger partial charge in [0.2, 0.25) is 0 Å². The van der Waals surface area contributed by atoms with Crippen molar-refractivity contribution in [3.63, 3.8) is 0 Å². The Bertz CT molecular complexity index is 1080. The molecular weight excluding hydrogens is 455 g/mol. The summed E-state index contributed by atoms with van der Waals surface area (Å²) in [4.78, 5) is 0. The lowest BCUT2D eigenvalue weighted by atomic mass is 9.76. The maximum absolute atomic E-state index is 14.0. The summed E-state index contributed by atoms with van der Waals surface area (Å²) < 4.78 is 31.9. The number of fused-ring (bicyclic) bond motifs is 2. The molecule has 0 atom stereocenters. The van der Waals surface area contributed by atoms with Gasteiger partial charge in [-0.2, -0.15) is 0 Å². The van der Waals surface area contributed by atoms with Crippen molar-refractivity contribution in [2.45, 2.75) is 111 Å². The van der Waals surface area contributed by atoms with Gasteiger partial charge in [0, 0.05) is 24.7 Å². The second kappa shape index (κ2) is 8.67. The number of hydrogen-bond donors (Lipinski definition) is 0. The predicted molar refractivity (Wildman–Crippen MR) is 146 cm³/mol. The average Bonchev–Trinajstić information content (AvgIpc) is 2.65. The van der Waals surface area contributed by atoms with Crippen LogP contribution in [0.25, 0.3) is 0 Å². The van der Waals surface area contributed by atoms with Crippen LogP contribution in [0.2, 0.25) is 0 Å². The third-order valence-electron chi connectivity index (χ3n) is 6.69.